The van der Waals surface area contributed by atoms with Crippen molar-refractivity contribution in [3.05, 3.63) is 35.4 Å². The Morgan fingerprint density at radius 1 is 1.21 bits per heavy atom. The molecule has 0 saturated carbocycles. The van der Waals surface area contributed by atoms with Crippen molar-refractivity contribution in [3.8, 4) is 0 Å². The van der Waals surface area contributed by atoms with E-state index in [0.29, 0.717) is 6.04 Å². The maximum absolute atomic E-state index is 9.67. The van der Waals surface area contributed by atoms with E-state index < -0.39 is 0 Å². The van der Waals surface area contributed by atoms with E-state index in [1.54, 1.807) is 0 Å². The highest BCUT2D eigenvalue weighted by Crippen LogP contribution is 2.32. The summed E-state index contributed by atoms with van der Waals surface area (Å²) in [5.74, 6) is 2.03. The Balaban J connectivity index is 1.53. The molecular weight excluding hydrogens is 316 g/mol. The van der Waals surface area contributed by atoms with Gasteiger partial charge in [0.05, 0.1) is 6.10 Å². The van der Waals surface area contributed by atoms with Crippen LogP contribution in [0.3, 0.4) is 0 Å². The fourth-order valence-corrected chi connectivity index (χ4v) is 5.21. The van der Waals surface area contributed by atoms with Gasteiger partial charge in [-0.1, -0.05) is 38.1 Å². The quantitative estimate of drug-likeness (QED) is 0.827. The second kappa shape index (κ2) is 8.70. The molecule has 1 aromatic carbocycles. The first-order chi connectivity index (χ1) is 11.6. The third-order valence-corrected chi connectivity index (χ3v) is 7.18. The van der Waals surface area contributed by atoms with Gasteiger partial charge in [-0.3, -0.25) is 4.90 Å². The normalized spacial score (nSPS) is 26.3. The van der Waals surface area contributed by atoms with Crippen LogP contribution in [0.2, 0.25) is 0 Å². The molecule has 3 nitrogen and oxygen atoms in total. The van der Waals surface area contributed by atoms with Crippen LogP contribution >= 0.6 is 11.8 Å². The average molecular weight is 349 g/mol. The molecule has 2 heterocycles. The summed E-state index contributed by atoms with van der Waals surface area (Å²) in [5.41, 5.74) is 2.87. The van der Waals surface area contributed by atoms with Crippen LogP contribution in [-0.2, 0) is 13.1 Å². The third kappa shape index (κ3) is 4.98. The van der Waals surface area contributed by atoms with Crippen LogP contribution < -0.4 is 5.32 Å². The summed E-state index contributed by atoms with van der Waals surface area (Å²) in [7, 11) is 0. The van der Waals surface area contributed by atoms with Crippen molar-refractivity contribution in [1.82, 2.24) is 10.2 Å². The zero-order valence-electron chi connectivity index (χ0n) is 15.1. The van der Waals surface area contributed by atoms with Gasteiger partial charge in [0.2, 0.25) is 0 Å². The topological polar surface area (TPSA) is 35.5 Å². The summed E-state index contributed by atoms with van der Waals surface area (Å²) in [6.45, 7) is 8.69. The number of aliphatic hydroxyl groups is 1. The molecular formula is C20H32N2OS. The minimum absolute atomic E-state index is 0.0908. The number of hydrogen-bond acceptors (Lipinski definition) is 4. The standard InChI is InChI=1S/C20H32N2OS/c1-15(2)20-11-18(14-24-20)21-12-16-5-3-4-6-17(16)13-22-9-7-19(23)8-10-22/h3-6,15,18-21,23H,7-14H2,1-2H3/t18-,20+/m0/s1. The Morgan fingerprint density at radius 3 is 2.58 bits per heavy atom. The van der Waals surface area contributed by atoms with E-state index >= 15 is 0 Å². The maximum atomic E-state index is 9.67. The van der Waals surface area contributed by atoms with Gasteiger partial charge < -0.3 is 10.4 Å². The molecule has 0 spiro atoms. The van der Waals surface area contributed by atoms with Crippen LogP contribution in [0.5, 0.6) is 0 Å². The Bertz CT molecular complexity index is 514. The molecule has 0 aromatic heterocycles. The second-order valence-corrected chi connectivity index (χ2v) is 8.98. The molecule has 4 heteroatoms. The number of hydrogen-bond donors (Lipinski definition) is 2. The zero-order valence-corrected chi connectivity index (χ0v) is 15.9. The highest BCUT2D eigenvalue weighted by molar-refractivity contribution is 8.00. The number of nitrogens with one attached hydrogen (secondary N) is 1. The second-order valence-electron chi connectivity index (χ2n) is 7.71. The van der Waals surface area contributed by atoms with Crippen molar-refractivity contribution >= 4 is 11.8 Å². The van der Waals surface area contributed by atoms with E-state index in [0.717, 1.165) is 50.2 Å². The molecule has 134 valence electrons. The van der Waals surface area contributed by atoms with Crippen LogP contribution in [0.1, 0.15) is 44.2 Å². The Labute approximate surface area is 151 Å². The minimum Gasteiger partial charge on any atom is -0.393 e. The van der Waals surface area contributed by atoms with Crippen LogP contribution in [0.25, 0.3) is 0 Å². The number of likely N-dealkylation sites (tertiary alicyclic amines) is 1. The fourth-order valence-electron chi connectivity index (χ4n) is 3.72. The highest BCUT2D eigenvalue weighted by Gasteiger charge is 2.27. The predicted octanol–water partition coefficient (Wildman–Crippen LogP) is 3.26. The van der Waals surface area contributed by atoms with Crippen molar-refractivity contribution in [2.45, 2.75) is 63.6 Å². The first-order valence-electron chi connectivity index (χ1n) is 9.44. The van der Waals surface area contributed by atoms with Gasteiger partial charge in [-0.2, -0.15) is 11.8 Å². The van der Waals surface area contributed by atoms with Crippen LogP contribution in [0.15, 0.2) is 24.3 Å². The van der Waals surface area contributed by atoms with E-state index in [4.69, 9.17) is 0 Å². The summed E-state index contributed by atoms with van der Waals surface area (Å²) in [5, 5.41) is 14.3. The van der Waals surface area contributed by atoms with E-state index in [1.165, 1.54) is 23.3 Å². The number of piperidine rings is 1. The Morgan fingerprint density at radius 2 is 1.92 bits per heavy atom. The average Bonchev–Trinajstić information content (AvgIpc) is 3.05. The smallest absolute Gasteiger partial charge is 0.0564 e. The fraction of sp³-hybridized carbons (Fsp3) is 0.700. The van der Waals surface area contributed by atoms with E-state index in [9.17, 15) is 5.11 Å². The molecule has 2 aliphatic rings. The van der Waals surface area contributed by atoms with Gasteiger partial charge in [0, 0.05) is 43.2 Å². The SMILES string of the molecule is CC(C)[C@H]1C[C@H](NCc2ccccc2CN2CCC(O)CC2)CS1. The summed E-state index contributed by atoms with van der Waals surface area (Å²) >= 11 is 2.13. The van der Waals surface area contributed by atoms with Crippen molar-refractivity contribution < 1.29 is 5.11 Å². The Hall–Kier alpha value is -0.550. The van der Waals surface area contributed by atoms with Crippen molar-refractivity contribution in [3.63, 3.8) is 0 Å². The number of nitrogens with zero attached hydrogens (tertiary/aromatic N) is 1. The number of aliphatic hydroxyl groups excluding tert-OH is 1. The number of thioether (sulfide) groups is 1. The molecule has 0 amide bonds. The lowest BCUT2D eigenvalue weighted by atomic mass is 10.0. The van der Waals surface area contributed by atoms with Gasteiger partial charge in [0.1, 0.15) is 0 Å². The van der Waals surface area contributed by atoms with Gasteiger partial charge in [-0.05, 0) is 36.3 Å². The molecule has 2 fully saturated rings. The van der Waals surface area contributed by atoms with E-state index in [2.05, 4.69) is 60.1 Å². The van der Waals surface area contributed by atoms with Crippen molar-refractivity contribution in [2.24, 2.45) is 5.92 Å². The molecule has 0 bridgehead atoms. The lowest BCUT2D eigenvalue weighted by Crippen LogP contribution is -2.36. The highest BCUT2D eigenvalue weighted by atomic mass is 32.2. The number of benzene rings is 1. The summed E-state index contributed by atoms with van der Waals surface area (Å²) in [6.07, 6.45) is 3.04. The first-order valence-corrected chi connectivity index (χ1v) is 10.5. The lowest BCUT2D eigenvalue weighted by Gasteiger charge is -2.30. The molecule has 3 rings (SSSR count). The van der Waals surface area contributed by atoms with Gasteiger partial charge in [0.15, 0.2) is 0 Å². The van der Waals surface area contributed by atoms with Crippen molar-refractivity contribution in [1.29, 1.82) is 0 Å². The van der Waals surface area contributed by atoms with Gasteiger partial charge >= 0.3 is 0 Å². The number of rotatable bonds is 6. The summed E-state index contributed by atoms with van der Waals surface area (Å²) < 4.78 is 0. The van der Waals surface area contributed by atoms with Crippen LogP contribution in [0.4, 0.5) is 0 Å². The van der Waals surface area contributed by atoms with Gasteiger partial charge in [0.25, 0.3) is 0 Å². The molecule has 2 N–H and O–H groups in total. The maximum Gasteiger partial charge on any atom is 0.0564 e. The molecule has 0 unspecified atom stereocenters. The van der Waals surface area contributed by atoms with E-state index in [-0.39, 0.29) is 6.10 Å². The van der Waals surface area contributed by atoms with Gasteiger partial charge in [-0.15, -0.1) is 0 Å². The third-order valence-electron chi connectivity index (χ3n) is 5.42. The molecule has 2 saturated heterocycles. The van der Waals surface area contributed by atoms with Crippen LogP contribution in [0, 0.1) is 5.92 Å². The van der Waals surface area contributed by atoms with Crippen LogP contribution in [-0.4, -0.2) is 46.2 Å². The molecule has 1 aromatic rings. The molecule has 2 aliphatic heterocycles. The van der Waals surface area contributed by atoms with Crippen molar-refractivity contribution in [2.75, 3.05) is 18.8 Å². The molecule has 2 atom stereocenters. The monoisotopic (exact) mass is 348 g/mol. The molecule has 0 aliphatic carbocycles. The molecule has 24 heavy (non-hydrogen) atoms. The minimum atomic E-state index is -0.0908. The first kappa shape index (κ1) is 18.2. The Kier molecular flexibility index (Phi) is 6.62. The summed E-state index contributed by atoms with van der Waals surface area (Å²) in [4.78, 5) is 2.48. The molecule has 0 radical (unpaired) electrons. The van der Waals surface area contributed by atoms with Gasteiger partial charge in [-0.25, -0.2) is 0 Å². The zero-order chi connectivity index (χ0) is 16.9. The lowest BCUT2D eigenvalue weighted by molar-refractivity contribution is 0.0791. The largest absolute Gasteiger partial charge is 0.393 e. The predicted molar refractivity (Wildman–Crippen MR) is 103 cm³/mol. The summed E-state index contributed by atoms with van der Waals surface area (Å²) in [6, 6.07) is 9.49. The van der Waals surface area contributed by atoms with E-state index in [1.807, 2.05) is 0 Å².